The molecule has 0 radical (unpaired) electrons. The summed E-state index contributed by atoms with van der Waals surface area (Å²) in [5.74, 6) is -4.71. The molecule has 1 amide bonds. The van der Waals surface area contributed by atoms with Gasteiger partial charge >= 0.3 is 0 Å². The molecule has 4 aromatic rings. The molecule has 15 heteroatoms. The number of aliphatic hydroxyl groups excluding tert-OH is 2. The maximum absolute atomic E-state index is 15.5. The Morgan fingerprint density at radius 1 is 1.13 bits per heavy atom. The third-order valence-corrected chi connectivity index (χ3v) is 7.02. The maximum atomic E-state index is 15.5. The second kappa shape index (κ2) is 11.3. The summed E-state index contributed by atoms with van der Waals surface area (Å²) in [6.07, 6.45) is 1.48. The van der Waals surface area contributed by atoms with Gasteiger partial charge in [-0.25, -0.2) is 26.6 Å². The number of methoxy groups -OCH3 is 1. The van der Waals surface area contributed by atoms with Gasteiger partial charge in [-0.3, -0.25) is 14.6 Å². The van der Waals surface area contributed by atoms with Crippen molar-refractivity contribution in [3.63, 3.8) is 0 Å². The molecule has 0 saturated heterocycles. The van der Waals surface area contributed by atoms with Crippen molar-refractivity contribution < 1.29 is 41.3 Å². The fourth-order valence-electron chi connectivity index (χ4n) is 3.77. The van der Waals surface area contributed by atoms with Crippen LogP contribution in [0.3, 0.4) is 0 Å². The SMILES string of the molecule is COc1ncc(CO)cc1S(=O)(=O)Nc1ccc(F)c(-c2ccc3c(C(=O)NCCCO)n[nH]c3c2F)c1F. The first-order chi connectivity index (χ1) is 18.6. The lowest BCUT2D eigenvalue weighted by Crippen LogP contribution is -2.25. The summed E-state index contributed by atoms with van der Waals surface area (Å²) < 4.78 is 78.8. The number of nitrogens with one attached hydrogen (secondary N) is 3. The Bertz CT molecular complexity index is 1660. The number of anilines is 1. The monoisotopic (exact) mass is 565 g/mol. The van der Waals surface area contributed by atoms with Crippen LogP contribution in [0.5, 0.6) is 5.88 Å². The van der Waals surface area contributed by atoms with Crippen LogP contribution in [-0.2, 0) is 16.6 Å². The van der Waals surface area contributed by atoms with Gasteiger partial charge < -0.3 is 20.3 Å². The number of fused-ring (bicyclic) bond motifs is 1. The first-order valence-corrected chi connectivity index (χ1v) is 12.8. The van der Waals surface area contributed by atoms with Gasteiger partial charge in [-0.15, -0.1) is 0 Å². The Morgan fingerprint density at radius 3 is 2.59 bits per heavy atom. The number of nitrogens with zero attached hydrogens (tertiary/aromatic N) is 2. The van der Waals surface area contributed by atoms with E-state index in [2.05, 4.69) is 20.5 Å². The zero-order chi connectivity index (χ0) is 28.3. The van der Waals surface area contributed by atoms with E-state index in [1.165, 1.54) is 12.3 Å². The van der Waals surface area contributed by atoms with Gasteiger partial charge in [0.25, 0.3) is 15.9 Å². The van der Waals surface area contributed by atoms with E-state index >= 15 is 8.78 Å². The van der Waals surface area contributed by atoms with E-state index in [0.717, 1.165) is 31.4 Å². The zero-order valence-electron chi connectivity index (χ0n) is 20.3. The quantitative estimate of drug-likeness (QED) is 0.183. The van der Waals surface area contributed by atoms with Gasteiger partial charge in [-0.1, -0.05) is 6.07 Å². The van der Waals surface area contributed by atoms with Crippen LogP contribution >= 0.6 is 0 Å². The van der Waals surface area contributed by atoms with Crippen molar-refractivity contribution in [2.24, 2.45) is 0 Å². The topological polar surface area (TPSA) is 167 Å². The molecule has 39 heavy (non-hydrogen) atoms. The molecule has 0 fully saturated rings. The number of aromatic nitrogens is 3. The Balaban J connectivity index is 1.74. The second-order valence-electron chi connectivity index (χ2n) is 8.15. The Kier molecular flexibility index (Phi) is 8.03. The standard InChI is InChI=1S/C24H22F3N5O6S/c1-38-24-17(9-12(11-34)10-29-24)39(36,37)32-16-6-5-15(25)18(20(16)27)13-3-4-14-21(19(13)26)30-31-22(14)23(35)28-7-2-8-33/h3-6,9-10,32-34H,2,7-8,11H2,1H3,(H,28,35)(H,30,31). The van der Waals surface area contributed by atoms with Crippen LogP contribution in [0.2, 0.25) is 0 Å². The van der Waals surface area contributed by atoms with Gasteiger partial charge in [0.15, 0.2) is 17.3 Å². The molecule has 0 unspecified atom stereocenters. The van der Waals surface area contributed by atoms with Crippen molar-refractivity contribution in [2.45, 2.75) is 17.9 Å². The predicted octanol–water partition coefficient (Wildman–Crippen LogP) is 2.46. The molecule has 0 aliphatic carbocycles. The van der Waals surface area contributed by atoms with E-state index in [1.807, 2.05) is 4.72 Å². The smallest absolute Gasteiger partial charge is 0.272 e. The molecule has 0 saturated carbocycles. The summed E-state index contributed by atoms with van der Waals surface area (Å²) in [4.78, 5) is 15.6. The minimum atomic E-state index is -4.56. The molecule has 5 N–H and O–H groups in total. The molecule has 0 aliphatic heterocycles. The van der Waals surface area contributed by atoms with Crippen molar-refractivity contribution in [3.8, 4) is 17.0 Å². The van der Waals surface area contributed by atoms with Gasteiger partial charge in [0.1, 0.15) is 16.2 Å². The molecule has 0 bridgehead atoms. The Hall–Kier alpha value is -4.21. The highest BCUT2D eigenvalue weighted by Gasteiger charge is 2.27. The van der Waals surface area contributed by atoms with Gasteiger partial charge in [0.05, 0.1) is 25.0 Å². The summed E-state index contributed by atoms with van der Waals surface area (Å²) in [5.41, 5.74) is -2.46. The number of halogens is 3. The van der Waals surface area contributed by atoms with Crippen molar-refractivity contribution in [1.82, 2.24) is 20.5 Å². The van der Waals surface area contributed by atoms with Crippen LogP contribution in [0, 0.1) is 17.5 Å². The molecular weight excluding hydrogens is 543 g/mol. The lowest BCUT2D eigenvalue weighted by Gasteiger charge is -2.15. The van der Waals surface area contributed by atoms with Crippen LogP contribution in [-0.4, -0.2) is 60.0 Å². The van der Waals surface area contributed by atoms with Crippen molar-refractivity contribution in [3.05, 3.63) is 65.2 Å². The molecule has 2 aromatic carbocycles. The van der Waals surface area contributed by atoms with Crippen LogP contribution in [0.15, 0.2) is 41.4 Å². The maximum Gasteiger partial charge on any atom is 0.272 e. The minimum absolute atomic E-state index is 0.0405. The van der Waals surface area contributed by atoms with E-state index in [4.69, 9.17) is 9.84 Å². The Labute approximate surface area is 219 Å². The number of carbonyl (C=O) groups is 1. The predicted molar refractivity (Wildman–Crippen MR) is 133 cm³/mol. The second-order valence-corrected chi connectivity index (χ2v) is 9.80. The Morgan fingerprint density at radius 2 is 1.90 bits per heavy atom. The number of amides is 1. The number of carbonyl (C=O) groups excluding carboxylic acids is 1. The van der Waals surface area contributed by atoms with Gasteiger partial charge in [0, 0.05) is 30.3 Å². The third-order valence-electron chi connectivity index (χ3n) is 5.66. The number of H-pyrrole nitrogens is 1. The molecule has 0 spiro atoms. The fraction of sp³-hybridized carbons (Fsp3) is 0.208. The number of ether oxygens (including phenoxy) is 1. The van der Waals surface area contributed by atoms with E-state index in [0.29, 0.717) is 6.42 Å². The van der Waals surface area contributed by atoms with Crippen molar-refractivity contribution in [2.75, 3.05) is 25.0 Å². The summed E-state index contributed by atoms with van der Waals surface area (Å²) >= 11 is 0. The van der Waals surface area contributed by atoms with Gasteiger partial charge in [-0.05, 0) is 36.2 Å². The van der Waals surface area contributed by atoms with Crippen LogP contribution in [0.4, 0.5) is 18.9 Å². The van der Waals surface area contributed by atoms with Gasteiger partial charge in [-0.2, -0.15) is 5.10 Å². The fourth-order valence-corrected chi connectivity index (χ4v) is 5.00. The molecule has 206 valence electrons. The lowest BCUT2D eigenvalue weighted by molar-refractivity contribution is 0.0947. The van der Waals surface area contributed by atoms with E-state index in [-0.39, 0.29) is 41.2 Å². The molecule has 4 rings (SSSR count). The molecule has 0 atom stereocenters. The first-order valence-electron chi connectivity index (χ1n) is 11.3. The average Bonchev–Trinajstić information content (AvgIpc) is 3.36. The van der Waals surface area contributed by atoms with E-state index < -0.39 is 61.7 Å². The number of rotatable bonds is 10. The van der Waals surface area contributed by atoms with Crippen LogP contribution in [0.1, 0.15) is 22.5 Å². The number of hydrogen-bond acceptors (Lipinski definition) is 8. The summed E-state index contributed by atoms with van der Waals surface area (Å²) in [7, 11) is -3.40. The van der Waals surface area contributed by atoms with Crippen LogP contribution < -0.4 is 14.8 Å². The number of benzene rings is 2. The summed E-state index contributed by atoms with van der Waals surface area (Å²) in [5, 5.41) is 26.9. The van der Waals surface area contributed by atoms with E-state index in [9.17, 15) is 22.7 Å². The minimum Gasteiger partial charge on any atom is -0.480 e. The van der Waals surface area contributed by atoms with E-state index in [1.54, 1.807) is 0 Å². The van der Waals surface area contributed by atoms with Crippen molar-refractivity contribution in [1.29, 1.82) is 0 Å². The highest BCUT2D eigenvalue weighted by molar-refractivity contribution is 7.92. The first kappa shape index (κ1) is 27.8. The third kappa shape index (κ3) is 5.36. The van der Waals surface area contributed by atoms with Crippen LogP contribution in [0.25, 0.3) is 22.0 Å². The normalized spacial score (nSPS) is 11.5. The average molecular weight is 566 g/mol. The van der Waals surface area contributed by atoms with Crippen molar-refractivity contribution >= 4 is 32.5 Å². The highest BCUT2D eigenvalue weighted by Crippen LogP contribution is 2.36. The number of hydrogen-bond donors (Lipinski definition) is 5. The van der Waals surface area contributed by atoms with Gasteiger partial charge in [0.2, 0.25) is 5.88 Å². The summed E-state index contributed by atoms with van der Waals surface area (Å²) in [6.45, 7) is -0.531. The number of aliphatic hydroxyl groups is 2. The zero-order valence-corrected chi connectivity index (χ0v) is 21.1. The number of aromatic amines is 1. The molecule has 2 aromatic heterocycles. The lowest BCUT2D eigenvalue weighted by atomic mass is 10.0. The molecule has 0 aliphatic rings. The molecular formula is C24H22F3N5O6S. The highest BCUT2D eigenvalue weighted by atomic mass is 32.2. The number of pyridine rings is 1. The molecule has 11 nitrogen and oxygen atoms in total. The summed E-state index contributed by atoms with van der Waals surface area (Å²) in [6, 6.07) is 4.93. The molecule has 2 heterocycles. The largest absolute Gasteiger partial charge is 0.480 e. The number of sulfonamides is 1.